The van der Waals surface area contributed by atoms with Crippen molar-refractivity contribution in [3.63, 3.8) is 0 Å². The number of nitrogens with zero attached hydrogens (tertiary/aromatic N) is 1. The Balaban J connectivity index is 2.01. The predicted octanol–water partition coefficient (Wildman–Crippen LogP) is 4.87. The quantitative estimate of drug-likeness (QED) is 0.602. The van der Waals surface area contributed by atoms with Crippen LogP contribution in [-0.2, 0) is 0 Å². The minimum Gasteiger partial charge on any atom is -0.396 e. The minimum atomic E-state index is 0.579. The van der Waals surface area contributed by atoms with Crippen LogP contribution >= 0.6 is 11.6 Å². The number of anilines is 2. The molecule has 0 saturated carbocycles. The van der Waals surface area contributed by atoms with Gasteiger partial charge in [-0.25, -0.2) is 4.98 Å². The van der Waals surface area contributed by atoms with Crippen molar-refractivity contribution in [1.82, 2.24) is 4.98 Å². The lowest BCUT2D eigenvalue weighted by atomic mass is 10.1. The molecule has 0 amide bonds. The van der Waals surface area contributed by atoms with E-state index in [0.29, 0.717) is 10.7 Å². The van der Waals surface area contributed by atoms with Crippen LogP contribution in [-0.4, -0.2) is 11.5 Å². The molecule has 3 nitrogen and oxygen atoms in total. The van der Waals surface area contributed by atoms with Crippen LogP contribution in [0.4, 0.5) is 11.5 Å². The van der Waals surface area contributed by atoms with Gasteiger partial charge in [-0.15, -0.1) is 0 Å². The topological polar surface area (TPSA) is 50.9 Å². The monoisotopic (exact) mass is 283 g/mol. The summed E-state index contributed by atoms with van der Waals surface area (Å²) < 4.78 is 0. The summed E-state index contributed by atoms with van der Waals surface area (Å²) in [6.07, 6.45) is 12.2. The van der Waals surface area contributed by atoms with E-state index in [-0.39, 0.29) is 0 Å². The van der Waals surface area contributed by atoms with Crippen LogP contribution in [0.3, 0.4) is 0 Å². The van der Waals surface area contributed by atoms with Crippen LogP contribution in [0.2, 0.25) is 5.02 Å². The SMILES string of the molecule is CCCCCCCCCCNc1ncc(Cl)cc1N. The van der Waals surface area contributed by atoms with Crippen LogP contribution in [0.15, 0.2) is 12.3 Å². The highest BCUT2D eigenvalue weighted by Crippen LogP contribution is 2.19. The number of aromatic nitrogens is 1. The highest BCUT2D eigenvalue weighted by molar-refractivity contribution is 6.30. The second-order valence-electron chi connectivity index (χ2n) is 4.99. The number of nitrogens with two attached hydrogens (primary N) is 1. The summed E-state index contributed by atoms with van der Waals surface area (Å²) in [6.45, 7) is 3.18. The molecule has 108 valence electrons. The molecule has 4 heteroatoms. The first-order valence-electron chi connectivity index (χ1n) is 7.39. The van der Waals surface area contributed by atoms with E-state index in [1.165, 1.54) is 44.9 Å². The van der Waals surface area contributed by atoms with E-state index in [9.17, 15) is 0 Å². The number of nitrogen functional groups attached to an aromatic ring is 1. The van der Waals surface area contributed by atoms with Crippen LogP contribution in [0.25, 0.3) is 0 Å². The summed E-state index contributed by atoms with van der Waals surface area (Å²) >= 11 is 5.80. The second kappa shape index (κ2) is 9.90. The number of nitrogens with one attached hydrogen (secondary N) is 1. The average Bonchev–Trinajstić information content (AvgIpc) is 2.39. The molecule has 3 N–H and O–H groups in total. The molecule has 0 spiro atoms. The summed E-state index contributed by atoms with van der Waals surface area (Å²) in [5.41, 5.74) is 6.44. The number of pyridine rings is 1. The van der Waals surface area contributed by atoms with Gasteiger partial charge in [-0.1, -0.05) is 63.5 Å². The van der Waals surface area contributed by atoms with Crippen molar-refractivity contribution < 1.29 is 0 Å². The van der Waals surface area contributed by atoms with Gasteiger partial charge in [-0.2, -0.15) is 0 Å². The van der Waals surface area contributed by atoms with E-state index in [1.54, 1.807) is 12.3 Å². The molecule has 0 radical (unpaired) electrons. The Hall–Kier alpha value is -0.960. The second-order valence-corrected chi connectivity index (χ2v) is 5.43. The number of rotatable bonds is 10. The lowest BCUT2D eigenvalue weighted by Gasteiger charge is -2.08. The third-order valence-electron chi connectivity index (χ3n) is 3.21. The summed E-state index contributed by atoms with van der Waals surface area (Å²) in [5.74, 6) is 0.743. The fourth-order valence-electron chi connectivity index (χ4n) is 2.07. The van der Waals surface area contributed by atoms with Crippen LogP contribution in [0, 0.1) is 0 Å². The van der Waals surface area contributed by atoms with Gasteiger partial charge in [-0.3, -0.25) is 0 Å². The molecule has 0 aliphatic heterocycles. The molecule has 1 heterocycles. The van der Waals surface area contributed by atoms with Crippen LogP contribution < -0.4 is 11.1 Å². The molecule has 0 aliphatic carbocycles. The molecule has 0 aromatic carbocycles. The van der Waals surface area contributed by atoms with Gasteiger partial charge in [0.15, 0.2) is 0 Å². The maximum Gasteiger partial charge on any atom is 0.149 e. The van der Waals surface area contributed by atoms with Crippen molar-refractivity contribution in [1.29, 1.82) is 0 Å². The fraction of sp³-hybridized carbons (Fsp3) is 0.667. The Labute approximate surface area is 121 Å². The normalized spacial score (nSPS) is 10.6. The third kappa shape index (κ3) is 7.26. The maximum absolute atomic E-state index is 5.82. The van der Waals surface area contributed by atoms with Crippen molar-refractivity contribution in [2.24, 2.45) is 0 Å². The zero-order chi connectivity index (χ0) is 13.9. The van der Waals surface area contributed by atoms with Gasteiger partial charge in [-0.05, 0) is 12.5 Å². The first kappa shape index (κ1) is 16.1. The average molecular weight is 284 g/mol. The standard InChI is InChI=1S/C15H26ClN3/c1-2-3-4-5-6-7-8-9-10-18-15-14(17)11-13(16)12-19-15/h11-12H,2-10,17H2,1H3,(H,18,19). The molecule has 0 bridgehead atoms. The molecule has 1 aromatic heterocycles. The third-order valence-corrected chi connectivity index (χ3v) is 3.41. The van der Waals surface area contributed by atoms with E-state index in [2.05, 4.69) is 17.2 Å². The van der Waals surface area contributed by atoms with E-state index in [1.807, 2.05) is 0 Å². The Kier molecular flexibility index (Phi) is 8.39. The zero-order valence-electron chi connectivity index (χ0n) is 11.9. The van der Waals surface area contributed by atoms with Gasteiger partial charge in [0.1, 0.15) is 5.82 Å². The maximum atomic E-state index is 5.82. The first-order valence-corrected chi connectivity index (χ1v) is 7.76. The van der Waals surface area contributed by atoms with Crippen molar-refractivity contribution >= 4 is 23.1 Å². The number of hydrogen-bond acceptors (Lipinski definition) is 3. The number of hydrogen-bond donors (Lipinski definition) is 2. The molecule has 0 saturated heterocycles. The molecular weight excluding hydrogens is 258 g/mol. The van der Waals surface area contributed by atoms with E-state index < -0.39 is 0 Å². The van der Waals surface area contributed by atoms with Crippen LogP contribution in [0.1, 0.15) is 58.3 Å². The summed E-state index contributed by atoms with van der Waals surface area (Å²) in [4.78, 5) is 4.18. The number of halogens is 1. The predicted molar refractivity (Wildman–Crippen MR) is 84.8 cm³/mol. The van der Waals surface area contributed by atoms with Gasteiger partial charge in [0.2, 0.25) is 0 Å². The van der Waals surface area contributed by atoms with Crippen molar-refractivity contribution in [3.8, 4) is 0 Å². The summed E-state index contributed by atoms with van der Waals surface area (Å²) in [5, 5.41) is 3.84. The summed E-state index contributed by atoms with van der Waals surface area (Å²) in [7, 11) is 0. The highest BCUT2D eigenvalue weighted by Gasteiger charge is 2.00. The lowest BCUT2D eigenvalue weighted by Crippen LogP contribution is -2.06. The van der Waals surface area contributed by atoms with E-state index in [4.69, 9.17) is 17.3 Å². The highest BCUT2D eigenvalue weighted by atomic mass is 35.5. The minimum absolute atomic E-state index is 0.579. The molecular formula is C15H26ClN3. The Morgan fingerprint density at radius 2 is 1.74 bits per heavy atom. The first-order chi connectivity index (χ1) is 9.24. The van der Waals surface area contributed by atoms with Gasteiger partial charge >= 0.3 is 0 Å². The molecule has 19 heavy (non-hydrogen) atoms. The zero-order valence-corrected chi connectivity index (χ0v) is 12.7. The van der Waals surface area contributed by atoms with Gasteiger partial charge < -0.3 is 11.1 Å². The van der Waals surface area contributed by atoms with Gasteiger partial charge in [0, 0.05) is 12.7 Å². The molecule has 0 aliphatic rings. The van der Waals surface area contributed by atoms with Crippen LogP contribution in [0.5, 0.6) is 0 Å². The van der Waals surface area contributed by atoms with Crippen molar-refractivity contribution in [2.45, 2.75) is 58.3 Å². The van der Waals surface area contributed by atoms with E-state index >= 15 is 0 Å². The van der Waals surface area contributed by atoms with E-state index in [0.717, 1.165) is 18.8 Å². The smallest absolute Gasteiger partial charge is 0.149 e. The van der Waals surface area contributed by atoms with Gasteiger partial charge in [0.25, 0.3) is 0 Å². The Bertz CT molecular complexity index is 355. The van der Waals surface area contributed by atoms with Gasteiger partial charge in [0.05, 0.1) is 10.7 Å². The Morgan fingerprint density at radius 1 is 1.11 bits per heavy atom. The summed E-state index contributed by atoms with van der Waals surface area (Å²) in [6, 6.07) is 1.73. The molecule has 1 aromatic rings. The van der Waals surface area contributed by atoms with Crippen molar-refractivity contribution in [3.05, 3.63) is 17.3 Å². The Morgan fingerprint density at radius 3 is 2.37 bits per heavy atom. The van der Waals surface area contributed by atoms with Crippen molar-refractivity contribution in [2.75, 3.05) is 17.6 Å². The lowest BCUT2D eigenvalue weighted by molar-refractivity contribution is 0.581. The molecule has 1 rings (SSSR count). The largest absolute Gasteiger partial charge is 0.396 e. The molecule has 0 atom stereocenters. The number of unbranched alkanes of at least 4 members (excludes halogenated alkanes) is 7. The fourth-order valence-corrected chi connectivity index (χ4v) is 2.23. The molecule has 0 unspecified atom stereocenters. The molecule has 0 fully saturated rings.